The summed E-state index contributed by atoms with van der Waals surface area (Å²) in [5, 5.41) is 3.76. The molecule has 0 aliphatic heterocycles. The summed E-state index contributed by atoms with van der Waals surface area (Å²) in [5.74, 6) is 0. The van der Waals surface area contributed by atoms with E-state index < -0.39 is 0 Å². The summed E-state index contributed by atoms with van der Waals surface area (Å²) >= 11 is 0. The van der Waals surface area contributed by atoms with Crippen LogP contribution >= 0.6 is 0 Å². The monoisotopic (exact) mass is 288 g/mol. The Bertz CT molecular complexity index is 424. The molecule has 21 heavy (non-hydrogen) atoms. The second kappa shape index (κ2) is 8.43. The lowest BCUT2D eigenvalue weighted by atomic mass is 9.90. The lowest BCUT2D eigenvalue weighted by molar-refractivity contribution is 0.295. The average molecular weight is 288 g/mol. The SMILES string of the molecule is CCN(CC)CCC[C@@H](C)Nc1cccc2c1CCCC2. The molecule has 0 bridgehead atoms. The van der Waals surface area contributed by atoms with Crippen LogP contribution in [0.2, 0.25) is 0 Å². The highest BCUT2D eigenvalue weighted by Crippen LogP contribution is 2.28. The molecule has 1 N–H and O–H groups in total. The molecule has 1 aromatic rings. The first-order valence-corrected chi connectivity index (χ1v) is 8.84. The average Bonchev–Trinajstić information content (AvgIpc) is 2.52. The Hall–Kier alpha value is -1.02. The molecule has 1 aromatic carbocycles. The van der Waals surface area contributed by atoms with E-state index in [2.05, 4.69) is 49.2 Å². The first-order valence-electron chi connectivity index (χ1n) is 8.84. The van der Waals surface area contributed by atoms with Crippen molar-refractivity contribution in [3.63, 3.8) is 0 Å². The molecule has 118 valence electrons. The van der Waals surface area contributed by atoms with E-state index in [1.165, 1.54) is 63.8 Å². The van der Waals surface area contributed by atoms with Gasteiger partial charge in [-0.3, -0.25) is 0 Å². The maximum atomic E-state index is 3.76. The number of aryl methyl sites for hydroxylation is 1. The first-order chi connectivity index (χ1) is 10.2. The van der Waals surface area contributed by atoms with E-state index >= 15 is 0 Å². The van der Waals surface area contributed by atoms with Crippen LogP contribution in [0, 0.1) is 0 Å². The van der Waals surface area contributed by atoms with E-state index in [-0.39, 0.29) is 0 Å². The summed E-state index contributed by atoms with van der Waals surface area (Å²) in [6.07, 6.45) is 7.76. The molecule has 0 saturated carbocycles. The Morgan fingerprint density at radius 3 is 2.67 bits per heavy atom. The lowest BCUT2D eigenvalue weighted by Crippen LogP contribution is -2.26. The molecule has 0 spiro atoms. The van der Waals surface area contributed by atoms with E-state index in [1.54, 1.807) is 11.1 Å². The predicted molar refractivity (Wildman–Crippen MR) is 93.2 cm³/mol. The fourth-order valence-corrected chi connectivity index (χ4v) is 3.42. The Balaban J connectivity index is 1.84. The Morgan fingerprint density at radius 1 is 1.14 bits per heavy atom. The van der Waals surface area contributed by atoms with Gasteiger partial charge in [-0.2, -0.15) is 0 Å². The first kappa shape index (κ1) is 16.4. The third-order valence-electron chi connectivity index (χ3n) is 4.80. The molecule has 1 aliphatic carbocycles. The molecule has 0 aromatic heterocycles. The summed E-state index contributed by atoms with van der Waals surface area (Å²) in [7, 11) is 0. The number of rotatable bonds is 8. The quantitative estimate of drug-likeness (QED) is 0.758. The number of hydrogen-bond donors (Lipinski definition) is 1. The number of nitrogens with zero attached hydrogens (tertiary/aromatic N) is 1. The largest absolute Gasteiger partial charge is 0.382 e. The van der Waals surface area contributed by atoms with Crippen molar-refractivity contribution < 1.29 is 0 Å². The van der Waals surface area contributed by atoms with Crippen LogP contribution in [0.5, 0.6) is 0 Å². The second-order valence-electron chi connectivity index (χ2n) is 6.36. The molecule has 0 fully saturated rings. The molecule has 0 radical (unpaired) electrons. The summed E-state index contributed by atoms with van der Waals surface area (Å²) in [6.45, 7) is 10.4. The summed E-state index contributed by atoms with van der Waals surface area (Å²) in [5.41, 5.74) is 4.54. The van der Waals surface area contributed by atoms with E-state index in [0.717, 1.165) is 0 Å². The minimum absolute atomic E-state index is 0.564. The molecule has 2 nitrogen and oxygen atoms in total. The topological polar surface area (TPSA) is 15.3 Å². The van der Waals surface area contributed by atoms with Gasteiger partial charge < -0.3 is 10.2 Å². The lowest BCUT2D eigenvalue weighted by Gasteiger charge is -2.24. The normalized spacial score (nSPS) is 15.8. The van der Waals surface area contributed by atoms with Gasteiger partial charge in [0.2, 0.25) is 0 Å². The van der Waals surface area contributed by atoms with Crippen LogP contribution < -0.4 is 5.32 Å². The third kappa shape index (κ3) is 4.74. The van der Waals surface area contributed by atoms with Gasteiger partial charge in [0.25, 0.3) is 0 Å². The fourth-order valence-electron chi connectivity index (χ4n) is 3.42. The highest BCUT2D eigenvalue weighted by molar-refractivity contribution is 5.56. The second-order valence-corrected chi connectivity index (χ2v) is 6.36. The van der Waals surface area contributed by atoms with Gasteiger partial charge in [-0.05, 0) is 82.3 Å². The van der Waals surface area contributed by atoms with Crippen molar-refractivity contribution in [2.75, 3.05) is 25.0 Å². The van der Waals surface area contributed by atoms with Crippen LogP contribution in [-0.2, 0) is 12.8 Å². The molecular formula is C19H32N2. The molecule has 0 heterocycles. The molecule has 2 rings (SSSR count). The van der Waals surface area contributed by atoms with Crippen molar-refractivity contribution in [3.05, 3.63) is 29.3 Å². The van der Waals surface area contributed by atoms with E-state index in [1.807, 2.05) is 0 Å². The highest BCUT2D eigenvalue weighted by atomic mass is 15.1. The molecule has 0 unspecified atom stereocenters. The number of benzene rings is 1. The van der Waals surface area contributed by atoms with Gasteiger partial charge in [-0.25, -0.2) is 0 Å². The maximum Gasteiger partial charge on any atom is 0.0377 e. The van der Waals surface area contributed by atoms with Gasteiger partial charge in [-0.1, -0.05) is 26.0 Å². The van der Waals surface area contributed by atoms with Crippen molar-refractivity contribution >= 4 is 5.69 Å². The maximum absolute atomic E-state index is 3.76. The predicted octanol–water partition coefficient (Wildman–Crippen LogP) is 4.49. The van der Waals surface area contributed by atoms with E-state index in [9.17, 15) is 0 Å². The smallest absolute Gasteiger partial charge is 0.0377 e. The Morgan fingerprint density at radius 2 is 1.90 bits per heavy atom. The molecule has 1 atom stereocenters. The van der Waals surface area contributed by atoms with Crippen molar-refractivity contribution in [1.82, 2.24) is 4.90 Å². The molecular weight excluding hydrogens is 256 g/mol. The van der Waals surface area contributed by atoms with Gasteiger partial charge in [0.15, 0.2) is 0 Å². The van der Waals surface area contributed by atoms with Gasteiger partial charge in [0, 0.05) is 11.7 Å². The summed E-state index contributed by atoms with van der Waals surface area (Å²) in [4.78, 5) is 2.51. The van der Waals surface area contributed by atoms with Gasteiger partial charge in [0.1, 0.15) is 0 Å². The Kier molecular flexibility index (Phi) is 6.56. The summed E-state index contributed by atoms with van der Waals surface area (Å²) < 4.78 is 0. The van der Waals surface area contributed by atoms with Gasteiger partial charge in [-0.15, -0.1) is 0 Å². The number of fused-ring (bicyclic) bond motifs is 1. The standard InChI is InChI=1S/C19H32N2/c1-4-21(5-2)15-9-10-16(3)20-19-14-8-12-17-11-6-7-13-18(17)19/h8,12,14,16,20H,4-7,9-11,13,15H2,1-3H3/t16-/m1/s1. The molecule has 2 heteroatoms. The van der Waals surface area contributed by atoms with Gasteiger partial charge in [0.05, 0.1) is 0 Å². The van der Waals surface area contributed by atoms with Gasteiger partial charge >= 0.3 is 0 Å². The zero-order chi connectivity index (χ0) is 15.1. The van der Waals surface area contributed by atoms with Crippen LogP contribution in [0.15, 0.2) is 18.2 Å². The molecule has 1 aliphatic rings. The van der Waals surface area contributed by atoms with Crippen LogP contribution in [0.25, 0.3) is 0 Å². The van der Waals surface area contributed by atoms with Crippen molar-refractivity contribution in [1.29, 1.82) is 0 Å². The molecule has 0 amide bonds. The van der Waals surface area contributed by atoms with Crippen LogP contribution in [-0.4, -0.2) is 30.6 Å². The van der Waals surface area contributed by atoms with E-state index in [4.69, 9.17) is 0 Å². The fraction of sp³-hybridized carbons (Fsp3) is 0.684. The minimum Gasteiger partial charge on any atom is -0.382 e. The number of anilines is 1. The van der Waals surface area contributed by atoms with Crippen LogP contribution in [0.3, 0.4) is 0 Å². The zero-order valence-corrected chi connectivity index (χ0v) is 14.1. The Labute approximate surface area is 130 Å². The van der Waals surface area contributed by atoms with Crippen molar-refractivity contribution in [2.24, 2.45) is 0 Å². The number of hydrogen-bond acceptors (Lipinski definition) is 2. The van der Waals surface area contributed by atoms with Crippen molar-refractivity contribution in [3.8, 4) is 0 Å². The van der Waals surface area contributed by atoms with Crippen LogP contribution in [0.1, 0.15) is 57.6 Å². The highest BCUT2D eigenvalue weighted by Gasteiger charge is 2.14. The summed E-state index contributed by atoms with van der Waals surface area (Å²) in [6, 6.07) is 7.36. The number of nitrogens with one attached hydrogen (secondary N) is 1. The van der Waals surface area contributed by atoms with Crippen molar-refractivity contribution in [2.45, 2.75) is 65.3 Å². The van der Waals surface area contributed by atoms with E-state index in [0.29, 0.717) is 6.04 Å². The van der Waals surface area contributed by atoms with Crippen LogP contribution in [0.4, 0.5) is 5.69 Å². The minimum atomic E-state index is 0.564. The zero-order valence-electron chi connectivity index (χ0n) is 14.1. The third-order valence-corrected chi connectivity index (χ3v) is 4.80. The molecule has 0 saturated heterocycles.